The standard InChI is InChI=1S/C33H34N4O8/c1-42-25-12-9-23(10-13-25)35-32(38)27-15-11-24(37(40)41)19-29(27)36-33(39)28-16-14-26(43-2)20-31(28)45-18-6-17-34-21-22-7-4-5-8-30(22)44-3/h4-5,7-16,19-20,34H,6,17-18,21H2,1-3H3,(H,35,38)(H,36,39). The number of carbonyl (C=O) groups excluding carboxylic acids is 2. The summed E-state index contributed by atoms with van der Waals surface area (Å²) >= 11 is 0. The van der Waals surface area contributed by atoms with Gasteiger partial charge in [0.25, 0.3) is 17.5 Å². The number of amides is 2. The minimum Gasteiger partial charge on any atom is -0.497 e. The molecule has 0 fully saturated rings. The van der Waals surface area contributed by atoms with Crippen LogP contribution >= 0.6 is 0 Å². The Bertz CT molecular complexity index is 1640. The molecule has 12 heteroatoms. The van der Waals surface area contributed by atoms with Gasteiger partial charge in [-0.3, -0.25) is 19.7 Å². The summed E-state index contributed by atoms with van der Waals surface area (Å²) in [5, 5.41) is 20.2. The summed E-state index contributed by atoms with van der Waals surface area (Å²) in [4.78, 5) is 37.6. The highest BCUT2D eigenvalue weighted by molar-refractivity contribution is 6.13. The van der Waals surface area contributed by atoms with Crippen molar-refractivity contribution in [2.45, 2.75) is 13.0 Å². The molecule has 0 aliphatic carbocycles. The summed E-state index contributed by atoms with van der Waals surface area (Å²) < 4.78 is 21.8. The fourth-order valence-electron chi connectivity index (χ4n) is 4.40. The molecule has 0 heterocycles. The van der Waals surface area contributed by atoms with Crippen molar-refractivity contribution in [2.24, 2.45) is 0 Å². The first-order chi connectivity index (χ1) is 21.8. The number of carbonyl (C=O) groups is 2. The van der Waals surface area contributed by atoms with Crippen molar-refractivity contribution in [2.75, 3.05) is 45.1 Å². The number of nitrogens with zero attached hydrogens (tertiary/aromatic N) is 1. The van der Waals surface area contributed by atoms with Gasteiger partial charge in [0, 0.05) is 36.0 Å². The lowest BCUT2D eigenvalue weighted by molar-refractivity contribution is -0.384. The topological polar surface area (TPSA) is 150 Å². The molecule has 234 valence electrons. The van der Waals surface area contributed by atoms with Crippen molar-refractivity contribution in [3.63, 3.8) is 0 Å². The maximum absolute atomic E-state index is 13.5. The quantitative estimate of drug-likeness (QED) is 0.0872. The van der Waals surface area contributed by atoms with Crippen LogP contribution in [0.3, 0.4) is 0 Å². The average Bonchev–Trinajstić information content (AvgIpc) is 3.06. The van der Waals surface area contributed by atoms with Crippen molar-refractivity contribution >= 4 is 28.9 Å². The van der Waals surface area contributed by atoms with E-state index in [4.69, 9.17) is 18.9 Å². The Kier molecular flexibility index (Phi) is 11.3. The lowest BCUT2D eigenvalue weighted by Gasteiger charge is -2.15. The SMILES string of the molecule is COc1ccc(NC(=O)c2ccc([N+](=O)[O-])cc2NC(=O)c2ccc(OC)cc2OCCCNCc2ccccc2OC)cc1. The number of nitro groups is 1. The molecule has 0 aliphatic heterocycles. The number of hydrogen-bond donors (Lipinski definition) is 3. The smallest absolute Gasteiger partial charge is 0.271 e. The van der Waals surface area contributed by atoms with Gasteiger partial charge in [0.1, 0.15) is 23.0 Å². The summed E-state index contributed by atoms with van der Waals surface area (Å²) in [6, 6.07) is 22.7. The van der Waals surface area contributed by atoms with Crippen molar-refractivity contribution in [3.05, 3.63) is 112 Å². The van der Waals surface area contributed by atoms with Gasteiger partial charge in [0.15, 0.2) is 0 Å². The lowest BCUT2D eigenvalue weighted by atomic mass is 10.1. The van der Waals surface area contributed by atoms with E-state index in [0.29, 0.717) is 43.3 Å². The first-order valence-electron chi connectivity index (χ1n) is 14.0. The molecule has 45 heavy (non-hydrogen) atoms. The van der Waals surface area contributed by atoms with E-state index in [-0.39, 0.29) is 28.3 Å². The molecule has 4 rings (SSSR count). The molecule has 0 atom stereocenters. The normalized spacial score (nSPS) is 10.5. The van der Waals surface area contributed by atoms with Crippen molar-refractivity contribution < 1.29 is 33.5 Å². The molecule has 4 aromatic rings. The minimum absolute atomic E-state index is 0.0295. The van der Waals surface area contributed by atoms with E-state index >= 15 is 0 Å². The number of ether oxygens (including phenoxy) is 4. The molecule has 0 unspecified atom stereocenters. The number of non-ortho nitro benzene ring substituents is 1. The van der Waals surface area contributed by atoms with E-state index < -0.39 is 16.7 Å². The minimum atomic E-state index is -0.624. The molecule has 0 saturated heterocycles. The monoisotopic (exact) mass is 614 g/mol. The van der Waals surface area contributed by atoms with Gasteiger partial charge in [-0.1, -0.05) is 18.2 Å². The molecular formula is C33H34N4O8. The molecule has 0 radical (unpaired) electrons. The van der Waals surface area contributed by atoms with Crippen LogP contribution in [-0.2, 0) is 6.54 Å². The Hall–Kier alpha value is -5.62. The Morgan fingerprint density at radius 1 is 0.756 bits per heavy atom. The van der Waals surface area contributed by atoms with E-state index in [0.717, 1.165) is 17.4 Å². The highest BCUT2D eigenvalue weighted by Gasteiger charge is 2.21. The number of para-hydroxylation sites is 1. The second-order valence-corrected chi connectivity index (χ2v) is 9.68. The number of methoxy groups -OCH3 is 3. The Morgan fingerprint density at radius 2 is 1.44 bits per heavy atom. The number of rotatable bonds is 15. The van der Waals surface area contributed by atoms with Gasteiger partial charge < -0.3 is 34.9 Å². The van der Waals surface area contributed by atoms with Crippen LogP contribution in [0.1, 0.15) is 32.7 Å². The zero-order chi connectivity index (χ0) is 32.2. The summed E-state index contributed by atoms with van der Waals surface area (Å²) in [7, 11) is 4.66. The van der Waals surface area contributed by atoms with E-state index in [1.807, 2.05) is 24.3 Å². The van der Waals surface area contributed by atoms with Gasteiger partial charge in [-0.2, -0.15) is 0 Å². The molecule has 0 spiro atoms. The number of anilines is 2. The first-order valence-corrected chi connectivity index (χ1v) is 14.0. The molecule has 2 amide bonds. The number of nitrogens with one attached hydrogen (secondary N) is 3. The van der Waals surface area contributed by atoms with E-state index in [9.17, 15) is 19.7 Å². The molecule has 0 bridgehead atoms. The van der Waals surface area contributed by atoms with Crippen LogP contribution < -0.4 is 34.9 Å². The molecule has 0 aromatic heterocycles. The average molecular weight is 615 g/mol. The van der Waals surface area contributed by atoms with E-state index in [1.54, 1.807) is 43.5 Å². The van der Waals surface area contributed by atoms with Crippen molar-refractivity contribution in [1.82, 2.24) is 5.32 Å². The zero-order valence-electron chi connectivity index (χ0n) is 25.1. The van der Waals surface area contributed by atoms with Crippen molar-refractivity contribution in [1.29, 1.82) is 0 Å². The summed E-state index contributed by atoms with van der Waals surface area (Å²) in [5.74, 6) is 0.950. The fraction of sp³-hybridized carbons (Fsp3) is 0.212. The maximum Gasteiger partial charge on any atom is 0.271 e. The van der Waals surface area contributed by atoms with Crippen LogP contribution in [0.4, 0.5) is 17.1 Å². The highest BCUT2D eigenvalue weighted by Crippen LogP contribution is 2.29. The number of hydrogen-bond acceptors (Lipinski definition) is 9. The van der Waals surface area contributed by atoms with Crippen LogP contribution in [-0.4, -0.2) is 51.2 Å². The van der Waals surface area contributed by atoms with Crippen LogP contribution in [0.5, 0.6) is 23.0 Å². The van der Waals surface area contributed by atoms with E-state index in [2.05, 4.69) is 16.0 Å². The molecular weight excluding hydrogens is 580 g/mol. The maximum atomic E-state index is 13.5. The van der Waals surface area contributed by atoms with E-state index in [1.165, 1.54) is 32.4 Å². The molecule has 12 nitrogen and oxygen atoms in total. The summed E-state index contributed by atoms with van der Waals surface area (Å²) in [5.41, 5.74) is 1.36. The van der Waals surface area contributed by atoms with Gasteiger partial charge in [0.2, 0.25) is 0 Å². The van der Waals surface area contributed by atoms with Gasteiger partial charge >= 0.3 is 0 Å². The second-order valence-electron chi connectivity index (χ2n) is 9.68. The van der Waals surface area contributed by atoms with Gasteiger partial charge in [-0.05, 0) is 61.5 Å². The second kappa shape index (κ2) is 15.7. The third kappa shape index (κ3) is 8.71. The molecule has 4 aromatic carbocycles. The van der Waals surface area contributed by atoms with Crippen LogP contribution in [0.25, 0.3) is 0 Å². The molecule has 0 saturated carbocycles. The zero-order valence-corrected chi connectivity index (χ0v) is 25.1. The Balaban J connectivity index is 1.46. The predicted octanol–water partition coefficient (Wildman–Crippen LogP) is 5.68. The van der Waals surface area contributed by atoms with Gasteiger partial charge in [-0.15, -0.1) is 0 Å². The van der Waals surface area contributed by atoms with Crippen LogP contribution in [0.2, 0.25) is 0 Å². The Labute approximate surface area is 260 Å². The summed E-state index contributed by atoms with van der Waals surface area (Å²) in [6.07, 6.45) is 0.633. The predicted molar refractivity (Wildman–Crippen MR) is 170 cm³/mol. The largest absolute Gasteiger partial charge is 0.497 e. The Morgan fingerprint density at radius 3 is 2.16 bits per heavy atom. The van der Waals surface area contributed by atoms with Crippen molar-refractivity contribution in [3.8, 4) is 23.0 Å². The number of benzene rings is 4. The first kappa shape index (κ1) is 32.3. The van der Waals surface area contributed by atoms with Gasteiger partial charge in [0.05, 0.1) is 49.7 Å². The van der Waals surface area contributed by atoms with Crippen LogP contribution in [0.15, 0.2) is 84.9 Å². The third-order valence-corrected chi connectivity index (χ3v) is 6.75. The van der Waals surface area contributed by atoms with Gasteiger partial charge in [-0.25, -0.2) is 0 Å². The summed E-state index contributed by atoms with van der Waals surface area (Å²) in [6.45, 7) is 1.55. The highest BCUT2D eigenvalue weighted by atomic mass is 16.6. The fourth-order valence-corrected chi connectivity index (χ4v) is 4.40. The molecule has 3 N–H and O–H groups in total. The van der Waals surface area contributed by atoms with Crippen LogP contribution in [0, 0.1) is 10.1 Å². The number of nitro benzene ring substituents is 1. The lowest BCUT2D eigenvalue weighted by Crippen LogP contribution is -2.20. The molecule has 0 aliphatic rings. The third-order valence-electron chi connectivity index (χ3n) is 6.75.